The molecule has 6 heteroatoms. The Balaban J connectivity index is 1.49. The van der Waals surface area contributed by atoms with Crippen LogP contribution in [0.15, 0.2) is 18.3 Å². The molecule has 2 heterocycles. The van der Waals surface area contributed by atoms with Crippen LogP contribution in [-0.4, -0.2) is 56.5 Å². The van der Waals surface area contributed by atoms with Gasteiger partial charge in [0.15, 0.2) is 0 Å². The molecule has 2 atom stereocenters. The molecule has 1 aliphatic heterocycles. The van der Waals surface area contributed by atoms with Gasteiger partial charge in [-0.25, -0.2) is 4.98 Å². The highest BCUT2D eigenvalue weighted by molar-refractivity contribution is 5.98. The molecule has 138 valence electrons. The predicted molar refractivity (Wildman–Crippen MR) is 97.0 cm³/mol. The van der Waals surface area contributed by atoms with Crippen molar-refractivity contribution < 1.29 is 14.3 Å². The normalized spacial score (nSPS) is 24.1. The Morgan fingerprint density at radius 3 is 2.96 bits per heavy atom. The number of carbonyl (C=O) groups excluding carboxylic acids is 1. The van der Waals surface area contributed by atoms with Crippen LogP contribution in [0.3, 0.4) is 0 Å². The molecule has 1 saturated carbocycles. The van der Waals surface area contributed by atoms with Crippen molar-refractivity contribution in [2.75, 3.05) is 44.4 Å². The standard InChI is InChI=1S/C19H29N3O3/c1-15-5-2-3-7-17(15)25-12-9-21-19(23)16-6-4-8-20-18(16)22-10-13-24-14-11-22/h4,6,8,15,17H,2-3,5,7,9-14H2,1H3,(H,21,23)/t15-,17-/m1/s1. The molecule has 3 rings (SSSR count). The van der Waals surface area contributed by atoms with Crippen LogP contribution in [0.1, 0.15) is 43.0 Å². The van der Waals surface area contributed by atoms with E-state index in [0.29, 0.717) is 44.0 Å². The highest BCUT2D eigenvalue weighted by Crippen LogP contribution is 2.26. The van der Waals surface area contributed by atoms with Gasteiger partial charge >= 0.3 is 0 Å². The number of nitrogens with zero attached hydrogens (tertiary/aromatic N) is 2. The van der Waals surface area contributed by atoms with E-state index >= 15 is 0 Å². The molecular weight excluding hydrogens is 318 g/mol. The van der Waals surface area contributed by atoms with Crippen molar-refractivity contribution >= 4 is 11.7 Å². The van der Waals surface area contributed by atoms with Crippen LogP contribution in [-0.2, 0) is 9.47 Å². The fourth-order valence-electron chi connectivity index (χ4n) is 3.60. The quantitative estimate of drug-likeness (QED) is 0.800. The van der Waals surface area contributed by atoms with E-state index in [1.54, 1.807) is 12.3 Å². The summed E-state index contributed by atoms with van der Waals surface area (Å²) in [7, 11) is 0. The Kier molecular flexibility index (Phi) is 6.64. The molecule has 6 nitrogen and oxygen atoms in total. The lowest BCUT2D eigenvalue weighted by Gasteiger charge is -2.29. The van der Waals surface area contributed by atoms with Crippen LogP contribution in [0.5, 0.6) is 0 Å². The summed E-state index contributed by atoms with van der Waals surface area (Å²) in [6.07, 6.45) is 7.01. The van der Waals surface area contributed by atoms with Crippen molar-refractivity contribution in [3.8, 4) is 0 Å². The van der Waals surface area contributed by atoms with Gasteiger partial charge in [0.05, 0.1) is 31.5 Å². The summed E-state index contributed by atoms with van der Waals surface area (Å²) in [6.45, 7) is 6.22. The van der Waals surface area contributed by atoms with Gasteiger partial charge in [0.25, 0.3) is 5.91 Å². The monoisotopic (exact) mass is 347 g/mol. The Morgan fingerprint density at radius 1 is 1.36 bits per heavy atom. The Morgan fingerprint density at radius 2 is 2.16 bits per heavy atom. The summed E-state index contributed by atoms with van der Waals surface area (Å²) in [5, 5.41) is 2.97. The van der Waals surface area contributed by atoms with E-state index in [-0.39, 0.29) is 5.91 Å². The van der Waals surface area contributed by atoms with Gasteiger partial charge in [-0.1, -0.05) is 19.8 Å². The molecule has 0 radical (unpaired) electrons. The third-order valence-corrected chi connectivity index (χ3v) is 5.09. The van der Waals surface area contributed by atoms with E-state index in [0.717, 1.165) is 25.3 Å². The zero-order chi connectivity index (χ0) is 17.5. The molecule has 1 aliphatic carbocycles. The molecule has 2 aliphatic rings. The average molecular weight is 347 g/mol. The topological polar surface area (TPSA) is 63.7 Å². The predicted octanol–water partition coefficient (Wildman–Crippen LogP) is 2.24. The lowest BCUT2D eigenvalue weighted by molar-refractivity contribution is -0.00293. The van der Waals surface area contributed by atoms with Gasteiger partial charge in [-0.15, -0.1) is 0 Å². The number of pyridine rings is 1. The van der Waals surface area contributed by atoms with E-state index in [2.05, 4.69) is 22.1 Å². The largest absolute Gasteiger partial charge is 0.378 e. The second-order valence-electron chi connectivity index (χ2n) is 6.90. The van der Waals surface area contributed by atoms with Gasteiger partial charge in [-0.05, 0) is 30.9 Å². The number of carbonyl (C=O) groups is 1. The molecule has 2 fully saturated rings. The lowest BCUT2D eigenvalue weighted by atomic mass is 9.88. The average Bonchev–Trinajstić information content (AvgIpc) is 2.67. The van der Waals surface area contributed by atoms with Gasteiger partial charge in [-0.2, -0.15) is 0 Å². The number of hydrogen-bond donors (Lipinski definition) is 1. The molecule has 1 N–H and O–H groups in total. The summed E-state index contributed by atoms with van der Waals surface area (Å²) < 4.78 is 11.4. The van der Waals surface area contributed by atoms with E-state index in [1.165, 1.54) is 19.3 Å². The molecule has 25 heavy (non-hydrogen) atoms. The number of hydrogen-bond acceptors (Lipinski definition) is 5. The molecule has 0 aromatic carbocycles. The Bertz CT molecular complexity index is 561. The summed E-state index contributed by atoms with van der Waals surface area (Å²) in [6, 6.07) is 3.64. The molecule has 0 bridgehead atoms. The number of anilines is 1. The second kappa shape index (κ2) is 9.15. The van der Waals surface area contributed by atoms with E-state index in [4.69, 9.17) is 9.47 Å². The van der Waals surface area contributed by atoms with Crippen LogP contribution < -0.4 is 10.2 Å². The van der Waals surface area contributed by atoms with Crippen molar-refractivity contribution in [1.29, 1.82) is 0 Å². The Labute approximate surface area is 149 Å². The summed E-state index contributed by atoms with van der Waals surface area (Å²) in [4.78, 5) is 19.1. The second-order valence-corrected chi connectivity index (χ2v) is 6.90. The van der Waals surface area contributed by atoms with Crippen LogP contribution in [0, 0.1) is 5.92 Å². The molecular formula is C19H29N3O3. The van der Waals surface area contributed by atoms with Crippen molar-refractivity contribution in [2.45, 2.75) is 38.7 Å². The first-order valence-corrected chi connectivity index (χ1v) is 9.43. The highest BCUT2D eigenvalue weighted by atomic mass is 16.5. The maximum atomic E-state index is 12.6. The van der Waals surface area contributed by atoms with E-state index in [9.17, 15) is 4.79 Å². The number of morpholine rings is 1. The molecule has 1 aromatic heterocycles. The summed E-state index contributed by atoms with van der Waals surface area (Å²) >= 11 is 0. The molecule has 1 aromatic rings. The third kappa shape index (κ3) is 4.92. The minimum absolute atomic E-state index is 0.0881. The van der Waals surface area contributed by atoms with Crippen LogP contribution in [0.4, 0.5) is 5.82 Å². The van der Waals surface area contributed by atoms with Crippen LogP contribution >= 0.6 is 0 Å². The van der Waals surface area contributed by atoms with Crippen molar-refractivity contribution in [2.24, 2.45) is 5.92 Å². The van der Waals surface area contributed by atoms with Gasteiger partial charge in [0, 0.05) is 25.8 Å². The summed E-state index contributed by atoms with van der Waals surface area (Å²) in [5.74, 6) is 1.27. The third-order valence-electron chi connectivity index (χ3n) is 5.09. The molecule has 1 amide bonds. The van der Waals surface area contributed by atoms with Crippen molar-refractivity contribution in [3.63, 3.8) is 0 Å². The first-order chi connectivity index (χ1) is 12.3. The number of rotatable bonds is 6. The zero-order valence-electron chi connectivity index (χ0n) is 15.1. The fourth-order valence-corrected chi connectivity index (χ4v) is 3.60. The van der Waals surface area contributed by atoms with E-state index < -0.39 is 0 Å². The Hall–Kier alpha value is -1.66. The maximum absolute atomic E-state index is 12.6. The van der Waals surface area contributed by atoms with E-state index in [1.807, 2.05) is 6.07 Å². The lowest BCUT2D eigenvalue weighted by Crippen LogP contribution is -2.39. The van der Waals surface area contributed by atoms with Crippen LogP contribution in [0.25, 0.3) is 0 Å². The number of ether oxygens (including phenoxy) is 2. The van der Waals surface area contributed by atoms with Gasteiger partial charge < -0.3 is 19.7 Å². The molecule has 1 saturated heterocycles. The molecule has 0 unspecified atom stereocenters. The highest BCUT2D eigenvalue weighted by Gasteiger charge is 2.22. The minimum atomic E-state index is -0.0881. The summed E-state index contributed by atoms with van der Waals surface area (Å²) in [5.41, 5.74) is 0.621. The van der Waals surface area contributed by atoms with Crippen molar-refractivity contribution in [1.82, 2.24) is 10.3 Å². The van der Waals surface area contributed by atoms with Gasteiger partial charge in [0.2, 0.25) is 0 Å². The minimum Gasteiger partial charge on any atom is -0.378 e. The maximum Gasteiger partial charge on any atom is 0.255 e. The SMILES string of the molecule is C[C@@H]1CCCC[C@H]1OCCNC(=O)c1cccnc1N1CCOCC1. The number of aromatic nitrogens is 1. The van der Waals surface area contributed by atoms with Crippen LogP contribution in [0.2, 0.25) is 0 Å². The number of amides is 1. The molecule has 0 spiro atoms. The zero-order valence-corrected chi connectivity index (χ0v) is 15.1. The number of nitrogens with one attached hydrogen (secondary N) is 1. The first-order valence-electron chi connectivity index (χ1n) is 9.43. The fraction of sp³-hybridized carbons (Fsp3) is 0.684. The first kappa shape index (κ1) is 18.1. The van der Waals surface area contributed by atoms with Gasteiger partial charge in [-0.3, -0.25) is 4.79 Å². The van der Waals surface area contributed by atoms with Crippen molar-refractivity contribution in [3.05, 3.63) is 23.9 Å². The van der Waals surface area contributed by atoms with Gasteiger partial charge in [0.1, 0.15) is 5.82 Å². The smallest absolute Gasteiger partial charge is 0.255 e.